The van der Waals surface area contributed by atoms with Crippen LogP contribution in [0.15, 0.2) is 0 Å². The van der Waals surface area contributed by atoms with Crippen LogP contribution in [-0.4, -0.2) is 50.2 Å². The van der Waals surface area contributed by atoms with Gasteiger partial charge >= 0.3 is 0 Å². The molecule has 0 unspecified atom stereocenters. The molecular weight excluding hydrogens is 234 g/mol. The number of nitrogens with one attached hydrogen (secondary N) is 3. The Bertz CT molecular complexity index is 301. The molecule has 1 aliphatic heterocycles. The monoisotopic (exact) mass is 257 g/mol. The van der Waals surface area contributed by atoms with Crippen molar-refractivity contribution in [1.29, 1.82) is 0 Å². The van der Waals surface area contributed by atoms with E-state index >= 15 is 0 Å². The SMILES string of the molecule is CC(C)CNC(=O)CNC(=O)COC1(C)CNC1. The summed E-state index contributed by atoms with van der Waals surface area (Å²) in [6, 6.07) is 0. The van der Waals surface area contributed by atoms with E-state index < -0.39 is 0 Å². The van der Waals surface area contributed by atoms with E-state index in [4.69, 9.17) is 4.74 Å². The van der Waals surface area contributed by atoms with Crippen LogP contribution in [0.2, 0.25) is 0 Å². The van der Waals surface area contributed by atoms with Crippen molar-refractivity contribution in [3.8, 4) is 0 Å². The number of carbonyl (C=O) groups is 2. The van der Waals surface area contributed by atoms with Gasteiger partial charge in [-0.25, -0.2) is 0 Å². The third-order valence-electron chi connectivity index (χ3n) is 2.70. The van der Waals surface area contributed by atoms with E-state index in [0.29, 0.717) is 12.5 Å². The van der Waals surface area contributed by atoms with E-state index in [-0.39, 0.29) is 30.6 Å². The number of carbonyl (C=O) groups excluding carboxylic acids is 2. The maximum Gasteiger partial charge on any atom is 0.246 e. The molecule has 0 aromatic rings. The van der Waals surface area contributed by atoms with Gasteiger partial charge in [-0.15, -0.1) is 0 Å². The summed E-state index contributed by atoms with van der Waals surface area (Å²) in [5.74, 6) is -0.0320. The molecule has 0 radical (unpaired) electrons. The lowest BCUT2D eigenvalue weighted by Crippen LogP contribution is -2.59. The minimum absolute atomic E-state index is 0.00385. The Hall–Kier alpha value is -1.14. The molecule has 6 heteroatoms. The fourth-order valence-corrected chi connectivity index (χ4v) is 1.43. The highest BCUT2D eigenvalue weighted by molar-refractivity contribution is 5.85. The zero-order chi connectivity index (χ0) is 13.6. The van der Waals surface area contributed by atoms with Crippen molar-refractivity contribution in [2.45, 2.75) is 26.4 Å². The summed E-state index contributed by atoms with van der Waals surface area (Å²) >= 11 is 0. The molecular formula is C12H23N3O3. The Morgan fingerprint density at radius 1 is 1.28 bits per heavy atom. The van der Waals surface area contributed by atoms with Gasteiger partial charge in [0.05, 0.1) is 12.1 Å². The van der Waals surface area contributed by atoms with Crippen molar-refractivity contribution in [2.24, 2.45) is 5.92 Å². The first-order valence-electron chi connectivity index (χ1n) is 6.29. The molecule has 0 atom stereocenters. The molecule has 0 saturated carbocycles. The first-order valence-corrected chi connectivity index (χ1v) is 6.29. The van der Waals surface area contributed by atoms with Crippen molar-refractivity contribution < 1.29 is 14.3 Å². The standard InChI is InChI=1S/C12H23N3O3/c1-9(2)4-14-10(16)5-15-11(17)6-18-12(3)7-13-8-12/h9,13H,4-8H2,1-3H3,(H,14,16)(H,15,17). The lowest BCUT2D eigenvalue weighted by atomic mass is 10.0. The number of hydrogen-bond acceptors (Lipinski definition) is 4. The predicted octanol–water partition coefficient (Wildman–Crippen LogP) is -0.747. The molecule has 0 spiro atoms. The summed E-state index contributed by atoms with van der Waals surface area (Å²) < 4.78 is 5.45. The van der Waals surface area contributed by atoms with Crippen molar-refractivity contribution in [1.82, 2.24) is 16.0 Å². The third-order valence-corrected chi connectivity index (χ3v) is 2.70. The lowest BCUT2D eigenvalue weighted by molar-refractivity contribution is -0.137. The highest BCUT2D eigenvalue weighted by Gasteiger charge is 2.32. The van der Waals surface area contributed by atoms with Crippen LogP contribution in [0.25, 0.3) is 0 Å². The van der Waals surface area contributed by atoms with E-state index in [1.54, 1.807) is 0 Å². The summed E-state index contributed by atoms with van der Waals surface area (Å²) in [5, 5.41) is 8.34. The van der Waals surface area contributed by atoms with Crippen LogP contribution in [0.4, 0.5) is 0 Å². The topological polar surface area (TPSA) is 79.5 Å². The third kappa shape index (κ3) is 5.46. The Labute approximate surface area is 108 Å². The van der Waals surface area contributed by atoms with Gasteiger partial charge in [-0.3, -0.25) is 9.59 Å². The molecule has 0 bridgehead atoms. The van der Waals surface area contributed by atoms with Crippen LogP contribution >= 0.6 is 0 Å². The molecule has 1 saturated heterocycles. The summed E-state index contributed by atoms with van der Waals surface area (Å²) in [6.45, 7) is 8.12. The Morgan fingerprint density at radius 2 is 1.94 bits per heavy atom. The van der Waals surface area contributed by atoms with Gasteiger partial charge in [0.1, 0.15) is 6.61 Å². The van der Waals surface area contributed by atoms with Gasteiger partial charge in [0.25, 0.3) is 0 Å². The summed E-state index contributed by atoms with van der Waals surface area (Å²) in [7, 11) is 0. The molecule has 0 aromatic carbocycles. The molecule has 104 valence electrons. The Balaban J connectivity index is 2.07. The highest BCUT2D eigenvalue weighted by Crippen LogP contribution is 2.14. The maximum atomic E-state index is 11.4. The van der Waals surface area contributed by atoms with Gasteiger partial charge in [-0.2, -0.15) is 0 Å². The minimum Gasteiger partial charge on any atom is -0.363 e. The number of ether oxygens (including phenoxy) is 1. The largest absolute Gasteiger partial charge is 0.363 e. The number of hydrogen-bond donors (Lipinski definition) is 3. The average molecular weight is 257 g/mol. The van der Waals surface area contributed by atoms with E-state index in [1.807, 2.05) is 20.8 Å². The first-order chi connectivity index (χ1) is 8.41. The predicted molar refractivity (Wildman–Crippen MR) is 68.1 cm³/mol. The molecule has 2 amide bonds. The van der Waals surface area contributed by atoms with Crippen LogP contribution < -0.4 is 16.0 Å². The smallest absolute Gasteiger partial charge is 0.246 e. The molecule has 1 heterocycles. The Kier molecular flexibility index (Phi) is 5.55. The highest BCUT2D eigenvalue weighted by atomic mass is 16.5. The fourth-order valence-electron chi connectivity index (χ4n) is 1.43. The van der Waals surface area contributed by atoms with Crippen LogP contribution in [0.1, 0.15) is 20.8 Å². The number of rotatable bonds is 7. The second-order valence-corrected chi connectivity index (χ2v) is 5.32. The fraction of sp³-hybridized carbons (Fsp3) is 0.833. The van der Waals surface area contributed by atoms with Crippen LogP contribution in [-0.2, 0) is 14.3 Å². The molecule has 18 heavy (non-hydrogen) atoms. The molecule has 1 aliphatic rings. The average Bonchev–Trinajstić information content (AvgIpc) is 2.28. The molecule has 3 N–H and O–H groups in total. The van der Waals surface area contributed by atoms with Crippen molar-refractivity contribution in [2.75, 3.05) is 32.8 Å². The van der Waals surface area contributed by atoms with Crippen molar-refractivity contribution in [3.63, 3.8) is 0 Å². The van der Waals surface area contributed by atoms with E-state index in [2.05, 4.69) is 16.0 Å². The van der Waals surface area contributed by atoms with Crippen molar-refractivity contribution in [3.05, 3.63) is 0 Å². The second kappa shape index (κ2) is 6.70. The zero-order valence-corrected chi connectivity index (χ0v) is 11.3. The second-order valence-electron chi connectivity index (χ2n) is 5.32. The minimum atomic E-state index is -0.261. The number of amides is 2. The van der Waals surface area contributed by atoms with Gasteiger partial charge in [0.15, 0.2) is 0 Å². The van der Waals surface area contributed by atoms with E-state index in [1.165, 1.54) is 0 Å². The normalized spacial score (nSPS) is 17.1. The van der Waals surface area contributed by atoms with Gasteiger partial charge in [-0.1, -0.05) is 13.8 Å². The Morgan fingerprint density at radius 3 is 2.44 bits per heavy atom. The van der Waals surface area contributed by atoms with Gasteiger partial charge in [-0.05, 0) is 12.8 Å². The molecule has 1 fully saturated rings. The first kappa shape index (κ1) is 14.9. The molecule has 1 rings (SSSR count). The molecule has 0 aromatic heterocycles. The van der Waals surface area contributed by atoms with Gasteiger partial charge in [0, 0.05) is 19.6 Å². The van der Waals surface area contributed by atoms with E-state index in [0.717, 1.165) is 13.1 Å². The quantitative estimate of drug-likeness (QED) is 0.561. The van der Waals surface area contributed by atoms with Crippen LogP contribution in [0.5, 0.6) is 0 Å². The summed E-state index contributed by atoms with van der Waals surface area (Å²) in [5.41, 5.74) is -0.239. The zero-order valence-electron chi connectivity index (χ0n) is 11.3. The van der Waals surface area contributed by atoms with Gasteiger partial charge in [0.2, 0.25) is 11.8 Å². The van der Waals surface area contributed by atoms with E-state index in [9.17, 15) is 9.59 Å². The van der Waals surface area contributed by atoms with Crippen LogP contribution in [0, 0.1) is 5.92 Å². The maximum absolute atomic E-state index is 11.4. The summed E-state index contributed by atoms with van der Waals surface area (Å²) in [6.07, 6.45) is 0. The summed E-state index contributed by atoms with van der Waals surface area (Å²) in [4.78, 5) is 22.8. The van der Waals surface area contributed by atoms with Gasteiger partial charge < -0.3 is 20.7 Å². The van der Waals surface area contributed by atoms with Crippen LogP contribution in [0.3, 0.4) is 0 Å². The molecule has 0 aliphatic carbocycles. The lowest BCUT2D eigenvalue weighted by Gasteiger charge is -2.38. The molecule has 6 nitrogen and oxygen atoms in total. The van der Waals surface area contributed by atoms with Crippen molar-refractivity contribution >= 4 is 11.8 Å².